The van der Waals surface area contributed by atoms with Crippen molar-refractivity contribution in [3.05, 3.63) is 40.0 Å². The lowest BCUT2D eigenvalue weighted by Crippen LogP contribution is -2.47. The van der Waals surface area contributed by atoms with Gasteiger partial charge in [-0.05, 0) is 65.8 Å². The molecule has 2 heterocycles. The highest BCUT2D eigenvalue weighted by Crippen LogP contribution is 2.43. The van der Waals surface area contributed by atoms with E-state index < -0.39 is 63.0 Å². The summed E-state index contributed by atoms with van der Waals surface area (Å²) in [6.45, 7) is -18.1. The van der Waals surface area contributed by atoms with Crippen molar-refractivity contribution in [2.75, 3.05) is 26.5 Å². The molecule has 1 aromatic heterocycles. The van der Waals surface area contributed by atoms with Gasteiger partial charge in [-0.15, -0.1) is 0 Å². The second-order valence-electron chi connectivity index (χ2n) is 6.06. The van der Waals surface area contributed by atoms with E-state index in [9.17, 15) is 4.79 Å². The molecule has 0 fully saturated rings. The number of nitrogens with one attached hydrogen (secondary N) is 1. The average Bonchev–Trinajstić information content (AvgIpc) is 3.09. The highest BCUT2D eigenvalue weighted by Gasteiger charge is 2.37. The number of rotatable bonds is 3. The van der Waals surface area contributed by atoms with Crippen molar-refractivity contribution in [1.29, 1.82) is 0 Å². The van der Waals surface area contributed by atoms with Crippen molar-refractivity contribution < 1.29 is 24.0 Å². The monoisotopic (exact) mass is 415 g/mol. The summed E-state index contributed by atoms with van der Waals surface area (Å²) in [6.07, 6.45) is 1.49. The number of likely N-dealkylation sites (N-methyl/N-ethyl adjacent to an activating group) is 1. The molecule has 1 aliphatic heterocycles. The first kappa shape index (κ1) is 7.20. The van der Waals surface area contributed by atoms with E-state index in [2.05, 4.69) is 20.9 Å². The van der Waals surface area contributed by atoms with E-state index in [0.29, 0.717) is 26.6 Å². The Balaban J connectivity index is 1.94. The summed E-state index contributed by atoms with van der Waals surface area (Å²) in [5.41, 5.74) is 2.00. The predicted octanol–water partition coefficient (Wildman–Crippen LogP) is 3.67. The van der Waals surface area contributed by atoms with Crippen molar-refractivity contribution in [2.24, 2.45) is 5.92 Å². The fourth-order valence-corrected chi connectivity index (χ4v) is 4.22. The first-order valence-corrected chi connectivity index (χ1v) is 8.44. The number of aromatic nitrogens is 1. The van der Waals surface area contributed by atoms with Crippen LogP contribution in [0.3, 0.4) is 0 Å². The molecular weight excluding hydrogens is 378 g/mol. The van der Waals surface area contributed by atoms with Gasteiger partial charge < -0.3 is 9.88 Å². The summed E-state index contributed by atoms with van der Waals surface area (Å²) >= 11 is 3.43. The van der Waals surface area contributed by atoms with E-state index >= 15 is 0 Å². The third kappa shape index (κ3) is 2.56. The molecule has 2 atom stereocenters. The maximum atomic E-state index is 13.8. The molecule has 4 rings (SSSR count). The largest absolute Gasteiger partial charge is 0.349 e. The molecule has 0 unspecified atom stereocenters. The van der Waals surface area contributed by atoms with Gasteiger partial charge in [0, 0.05) is 54.3 Å². The minimum atomic E-state index is -3.76. The molecule has 132 valence electrons. The molecule has 0 radical (unpaired) electrons. The van der Waals surface area contributed by atoms with Crippen LogP contribution in [0.15, 0.2) is 28.9 Å². The molecule has 1 amide bonds. The first-order valence-electron chi connectivity index (χ1n) is 14.6. The Morgan fingerprint density at radius 3 is 3.16 bits per heavy atom. The summed E-state index contributed by atoms with van der Waals surface area (Å²) in [5.74, 6) is -3.13. The molecule has 0 saturated heterocycles. The summed E-state index contributed by atoms with van der Waals surface area (Å²) in [5, 5.41) is 0.614. The van der Waals surface area contributed by atoms with Crippen molar-refractivity contribution in [3.63, 3.8) is 0 Å². The number of hydrogen-bond acceptors (Lipinski definition) is 2. The number of aromatic amines is 1. The number of nitrogens with zero attached hydrogens (tertiary/aromatic N) is 2. The fraction of sp³-hybridized carbons (Fsp3) is 0.450. The van der Waals surface area contributed by atoms with E-state index in [1.165, 1.54) is 12.1 Å². The van der Waals surface area contributed by atoms with Gasteiger partial charge in [0.2, 0.25) is 5.91 Å². The number of amides is 1. The number of hydrogen-bond donors (Lipinski definition) is 1. The van der Waals surface area contributed by atoms with Crippen LogP contribution in [0.2, 0.25) is 0 Å². The predicted molar refractivity (Wildman–Crippen MR) is 106 cm³/mol. The maximum absolute atomic E-state index is 13.8. The van der Waals surface area contributed by atoms with Crippen molar-refractivity contribution in [1.82, 2.24) is 14.8 Å². The highest BCUT2D eigenvalue weighted by atomic mass is 79.9. The molecule has 0 spiro atoms. The quantitative estimate of drug-likeness (QED) is 0.830. The zero-order chi connectivity index (χ0) is 29.7. The third-order valence-corrected chi connectivity index (χ3v) is 5.45. The van der Waals surface area contributed by atoms with E-state index in [-0.39, 0.29) is 12.5 Å². The average molecular weight is 416 g/mol. The summed E-state index contributed by atoms with van der Waals surface area (Å²) in [6, 6.07) is 2.43. The molecule has 2 aromatic rings. The molecule has 0 saturated carbocycles. The standard InChI is InChI=1S/C20H24BrN3O/c1-4-24(5-2)20(25)12-9-14-13-7-6-8-16-18(13)15(19(21)22-16)10-17(14)23(3)11-12/h6-9,12,17,22H,4-5,10-11H2,1-3H3/t12-,17-/m1/s1/i1D3,2D3,3D3,4D2,5D2,8D. The van der Waals surface area contributed by atoms with Gasteiger partial charge in [-0.25, -0.2) is 0 Å². The van der Waals surface area contributed by atoms with Crippen LogP contribution >= 0.6 is 15.9 Å². The van der Waals surface area contributed by atoms with Gasteiger partial charge >= 0.3 is 0 Å². The number of H-pyrrole nitrogens is 1. The zero-order valence-corrected chi connectivity index (χ0v) is 14.6. The number of fused-ring (bicyclic) bond motifs is 2. The van der Waals surface area contributed by atoms with Gasteiger partial charge in [0.15, 0.2) is 0 Å². The number of carbonyl (C=O) groups is 1. The van der Waals surface area contributed by atoms with Crippen LogP contribution < -0.4 is 0 Å². The van der Waals surface area contributed by atoms with Crippen LogP contribution in [0.4, 0.5) is 0 Å². The molecular formula is C20H24BrN3O. The van der Waals surface area contributed by atoms with Crippen LogP contribution in [-0.2, 0) is 11.2 Å². The third-order valence-electron chi connectivity index (χ3n) is 4.78. The number of halogens is 1. The van der Waals surface area contributed by atoms with E-state index in [4.69, 9.17) is 19.2 Å². The topological polar surface area (TPSA) is 39.3 Å². The van der Waals surface area contributed by atoms with Gasteiger partial charge in [0.25, 0.3) is 0 Å². The molecule has 0 bridgehead atoms. The lowest BCUT2D eigenvalue weighted by molar-refractivity contribution is -0.134. The van der Waals surface area contributed by atoms with Crippen LogP contribution in [-0.4, -0.2) is 53.2 Å². The normalized spacial score (nSPS) is 33.6. The molecule has 1 aliphatic carbocycles. The molecule has 5 heteroatoms. The Morgan fingerprint density at radius 2 is 2.40 bits per heavy atom. The summed E-state index contributed by atoms with van der Waals surface area (Å²) in [7, 11) is 0. The van der Waals surface area contributed by atoms with E-state index in [1.54, 1.807) is 6.07 Å². The van der Waals surface area contributed by atoms with Crippen LogP contribution in [0.25, 0.3) is 16.5 Å². The lowest BCUT2D eigenvalue weighted by atomic mass is 9.79. The fourth-order valence-electron chi connectivity index (χ4n) is 3.66. The zero-order valence-electron chi connectivity index (χ0n) is 27.0. The molecule has 1 aromatic carbocycles. The van der Waals surface area contributed by atoms with Gasteiger partial charge in [-0.1, -0.05) is 18.2 Å². The van der Waals surface area contributed by atoms with Crippen LogP contribution in [0.5, 0.6) is 0 Å². The number of benzene rings is 1. The van der Waals surface area contributed by atoms with Crippen LogP contribution in [0, 0.1) is 5.92 Å². The highest BCUT2D eigenvalue weighted by molar-refractivity contribution is 9.10. The molecule has 25 heavy (non-hydrogen) atoms. The lowest BCUT2D eigenvalue weighted by Gasteiger charge is -2.40. The smallest absolute Gasteiger partial charge is 0.230 e. The summed E-state index contributed by atoms with van der Waals surface area (Å²) < 4.78 is 111. The molecule has 4 nitrogen and oxygen atoms in total. The van der Waals surface area contributed by atoms with Crippen molar-refractivity contribution >= 4 is 38.3 Å². The Morgan fingerprint density at radius 1 is 1.56 bits per heavy atom. The SMILES string of the molecule is [2H]c1ccc2c3c(c(Br)[nH]c13)C[C@@H]1C2=C[C@@H](C(=O)N(C([2H])([2H])C([2H])([2H])[2H])C([2H])([2H])C([2H])([2H])[2H])CN1C([2H])([2H])[2H]. The van der Waals surface area contributed by atoms with E-state index in [1.807, 2.05) is 0 Å². The Hall–Kier alpha value is -1.59. The minimum absolute atomic E-state index is 0.165. The van der Waals surface area contributed by atoms with Crippen molar-refractivity contribution in [3.8, 4) is 0 Å². The second-order valence-corrected chi connectivity index (χ2v) is 6.85. The Bertz CT molecular complexity index is 1330. The van der Waals surface area contributed by atoms with Gasteiger partial charge in [-0.2, -0.15) is 0 Å². The van der Waals surface area contributed by atoms with Gasteiger partial charge in [-0.3, -0.25) is 9.69 Å². The van der Waals surface area contributed by atoms with Gasteiger partial charge in [0.1, 0.15) is 0 Å². The second kappa shape index (κ2) is 6.29. The maximum Gasteiger partial charge on any atom is 0.230 e. The first-order chi connectivity index (χ1) is 17.5. The Kier molecular flexibility index (Phi) is 1.81. The number of carbonyl (C=O) groups excluding carboxylic acids is 1. The molecule has 1 N–H and O–H groups in total. The van der Waals surface area contributed by atoms with Gasteiger partial charge in [0.05, 0.1) is 11.9 Å². The van der Waals surface area contributed by atoms with Crippen LogP contribution in [0.1, 0.15) is 44.0 Å². The summed E-state index contributed by atoms with van der Waals surface area (Å²) in [4.78, 5) is 17.5. The van der Waals surface area contributed by atoms with E-state index in [0.717, 1.165) is 10.5 Å². The minimum Gasteiger partial charge on any atom is -0.349 e. The van der Waals surface area contributed by atoms with Crippen molar-refractivity contribution in [2.45, 2.75) is 26.2 Å². The molecule has 2 aliphatic rings. The Labute approximate surface area is 176 Å².